The molecule has 1 aromatic heterocycles. The van der Waals surface area contributed by atoms with E-state index in [1.54, 1.807) is 20.8 Å². The molecule has 0 saturated heterocycles. The summed E-state index contributed by atoms with van der Waals surface area (Å²) < 4.78 is 75.4. The van der Waals surface area contributed by atoms with Crippen molar-refractivity contribution in [2.45, 2.75) is 101 Å². The van der Waals surface area contributed by atoms with Crippen LogP contribution in [0.1, 0.15) is 87.6 Å². The Labute approximate surface area is 226 Å². The Bertz CT molecular complexity index is 1180. The van der Waals surface area contributed by atoms with Crippen molar-refractivity contribution in [2.24, 2.45) is 5.92 Å². The number of benzene rings is 1. The first-order chi connectivity index (χ1) is 17.8. The molecule has 1 unspecified atom stereocenters. The van der Waals surface area contributed by atoms with Crippen LogP contribution in [0.3, 0.4) is 0 Å². The molecule has 12 heteroatoms. The number of alkyl halides is 3. The van der Waals surface area contributed by atoms with Gasteiger partial charge in [-0.25, -0.2) is 18.3 Å². The van der Waals surface area contributed by atoms with E-state index in [1.807, 2.05) is 0 Å². The number of hydrogen-bond donors (Lipinski definition) is 2. The van der Waals surface area contributed by atoms with Gasteiger partial charge in [-0.3, -0.25) is 4.79 Å². The highest BCUT2D eigenvalue weighted by atomic mass is 32.2. The second-order valence-electron chi connectivity index (χ2n) is 11.0. The first kappa shape index (κ1) is 28.9. The molecule has 6 nitrogen and oxygen atoms in total. The highest BCUT2D eigenvalue weighted by Crippen LogP contribution is 2.41. The monoisotopic (exact) mass is 575 g/mol. The summed E-state index contributed by atoms with van der Waals surface area (Å²) in [5, 5.41) is 3.07. The van der Waals surface area contributed by atoms with Crippen molar-refractivity contribution in [3.05, 3.63) is 28.7 Å². The van der Waals surface area contributed by atoms with E-state index in [1.165, 1.54) is 12.1 Å². The third kappa shape index (κ3) is 7.32. The van der Waals surface area contributed by atoms with Crippen LogP contribution in [0.5, 0.6) is 5.75 Å². The molecule has 0 aliphatic heterocycles. The number of aromatic nitrogens is 1. The Morgan fingerprint density at radius 2 is 1.79 bits per heavy atom. The van der Waals surface area contributed by atoms with Crippen LogP contribution in [0, 0.1) is 11.7 Å². The predicted octanol–water partition coefficient (Wildman–Crippen LogP) is 6.66. The van der Waals surface area contributed by atoms with Crippen molar-refractivity contribution in [3.8, 4) is 16.2 Å². The van der Waals surface area contributed by atoms with Crippen LogP contribution in [-0.4, -0.2) is 33.0 Å². The molecule has 2 aromatic rings. The molecule has 0 spiro atoms. The maximum absolute atomic E-state index is 15.9. The van der Waals surface area contributed by atoms with Gasteiger partial charge in [-0.15, -0.1) is 24.5 Å². The molecule has 1 aromatic carbocycles. The van der Waals surface area contributed by atoms with Crippen molar-refractivity contribution in [1.82, 2.24) is 15.0 Å². The molecule has 0 bridgehead atoms. The quantitative estimate of drug-likeness (QED) is 0.345. The minimum atomic E-state index is -5.20. The van der Waals surface area contributed by atoms with Crippen molar-refractivity contribution in [2.75, 3.05) is 0 Å². The zero-order valence-corrected chi connectivity index (χ0v) is 23.3. The van der Waals surface area contributed by atoms with Gasteiger partial charge in [-0.2, -0.15) is 0 Å². The summed E-state index contributed by atoms with van der Waals surface area (Å²) in [5.74, 6) is -2.51. The molecular weight excluding hydrogens is 542 g/mol. The van der Waals surface area contributed by atoms with E-state index in [0.29, 0.717) is 22.9 Å². The number of halogens is 4. The molecule has 2 aliphatic carbocycles. The summed E-state index contributed by atoms with van der Waals surface area (Å²) >= 11 is 0.960. The molecule has 210 valence electrons. The number of nitrogens with zero attached hydrogens (tertiary/aromatic N) is 1. The molecule has 1 heterocycles. The van der Waals surface area contributed by atoms with E-state index in [4.69, 9.17) is 0 Å². The number of hydrogen-bond acceptors (Lipinski definition) is 5. The molecule has 38 heavy (non-hydrogen) atoms. The summed E-state index contributed by atoms with van der Waals surface area (Å²) in [4.78, 5) is 17.3. The Balaban J connectivity index is 1.76. The van der Waals surface area contributed by atoms with Crippen molar-refractivity contribution in [3.63, 3.8) is 0 Å². The van der Waals surface area contributed by atoms with E-state index in [9.17, 15) is 22.2 Å². The van der Waals surface area contributed by atoms with Crippen LogP contribution in [-0.2, 0) is 17.4 Å². The highest BCUT2D eigenvalue weighted by molar-refractivity contribution is 7.83. The molecule has 2 N–H and O–H groups in total. The normalized spacial score (nSPS) is 18.2. The molecule has 4 rings (SSSR count). The number of amides is 1. The average Bonchev–Trinajstić information content (AvgIpc) is 3.19. The van der Waals surface area contributed by atoms with Crippen molar-refractivity contribution in [1.29, 1.82) is 0 Å². The SMILES string of the molecule is CC(C)(C)NS(=O)c1ccc(-c2sc(C(=O)NC3CCC3)nc2CC2CCCCC2)c(F)c1OC(F)(F)F. The lowest BCUT2D eigenvalue weighted by Gasteiger charge is -2.25. The average molecular weight is 576 g/mol. The number of carbonyl (C=O) groups is 1. The minimum absolute atomic E-state index is 0.0738. The van der Waals surface area contributed by atoms with Gasteiger partial charge < -0.3 is 10.1 Å². The van der Waals surface area contributed by atoms with Crippen LogP contribution < -0.4 is 14.8 Å². The Kier molecular flexibility index (Phi) is 8.83. The lowest BCUT2D eigenvalue weighted by atomic mass is 9.85. The zero-order chi connectivity index (χ0) is 27.7. The standard InChI is InChI=1S/C26H33F4N3O3S2/c1-25(2,3)33-38(35)19-13-12-17(20(27)21(19)36-26(28,29)30)22-18(14-15-8-5-4-6-9-15)32-24(37-22)23(34)31-16-10-7-11-16/h12-13,15-16,33H,4-11,14H2,1-3H3,(H,31,34). The van der Waals surface area contributed by atoms with Gasteiger partial charge in [0.2, 0.25) is 0 Å². The lowest BCUT2D eigenvalue weighted by molar-refractivity contribution is -0.276. The third-order valence-electron chi connectivity index (χ3n) is 6.66. The van der Waals surface area contributed by atoms with Crippen molar-refractivity contribution >= 4 is 28.2 Å². The van der Waals surface area contributed by atoms with E-state index in [2.05, 4.69) is 19.8 Å². The summed E-state index contributed by atoms with van der Waals surface area (Å²) in [7, 11) is -2.18. The van der Waals surface area contributed by atoms with Gasteiger partial charge in [0, 0.05) is 17.1 Å². The van der Waals surface area contributed by atoms with Gasteiger partial charge in [0.15, 0.2) is 16.6 Å². The summed E-state index contributed by atoms with van der Waals surface area (Å²) in [6, 6.07) is 2.54. The Morgan fingerprint density at radius 1 is 1.11 bits per heavy atom. The number of carbonyl (C=O) groups excluding carboxylic acids is 1. The van der Waals surface area contributed by atoms with E-state index >= 15 is 4.39 Å². The molecular formula is C26H33F4N3O3S2. The highest BCUT2D eigenvalue weighted by Gasteiger charge is 2.36. The van der Waals surface area contributed by atoms with Gasteiger partial charge in [-0.1, -0.05) is 32.1 Å². The fourth-order valence-corrected chi connectivity index (χ4v) is 6.84. The number of ether oxygens (including phenoxy) is 1. The van der Waals surface area contributed by atoms with E-state index in [-0.39, 0.29) is 22.5 Å². The van der Waals surface area contributed by atoms with Crippen LogP contribution in [0.25, 0.3) is 10.4 Å². The molecule has 2 fully saturated rings. The summed E-state index contributed by atoms with van der Waals surface area (Å²) in [5.41, 5.74) is -0.394. The van der Waals surface area contributed by atoms with Gasteiger partial charge in [0.25, 0.3) is 5.91 Å². The van der Waals surface area contributed by atoms with Crippen LogP contribution in [0.2, 0.25) is 0 Å². The second kappa shape index (κ2) is 11.6. The van der Waals surface area contributed by atoms with E-state index < -0.39 is 39.3 Å². The first-order valence-corrected chi connectivity index (χ1v) is 14.9. The number of nitrogens with one attached hydrogen (secondary N) is 2. The lowest BCUT2D eigenvalue weighted by Crippen LogP contribution is -2.39. The summed E-state index contributed by atoms with van der Waals surface area (Å²) in [6.45, 7) is 5.06. The molecule has 2 saturated carbocycles. The van der Waals surface area contributed by atoms with Crippen LogP contribution in [0.4, 0.5) is 17.6 Å². The number of thiazole rings is 1. The number of rotatable bonds is 8. The fourth-order valence-electron chi connectivity index (χ4n) is 4.67. The van der Waals surface area contributed by atoms with Gasteiger partial charge in [0.1, 0.15) is 11.0 Å². The van der Waals surface area contributed by atoms with Gasteiger partial charge >= 0.3 is 6.36 Å². The Morgan fingerprint density at radius 3 is 2.37 bits per heavy atom. The van der Waals surface area contributed by atoms with Crippen LogP contribution >= 0.6 is 11.3 Å². The topological polar surface area (TPSA) is 80.3 Å². The first-order valence-electron chi connectivity index (χ1n) is 12.9. The van der Waals surface area contributed by atoms with Crippen molar-refractivity contribution < 1.29 is 31.3 Å². The fraction of sp³-hybridized carbons (Fsp3) is 0.615. The summed E-state index contributed by atoms with van der Waals surface area (Å²) in [6.07, 6.45) is 3.32. The van der Waals surface area contributed by atoms with E-state index in [0.717, 1.165) is 62.7 Å². The zero-order valence-electron chi connectivity index (χ0n) is 21.7. The van der Waals surface area contributed by atoms with Gasteiger partial charge in [0.05, 0.1) is 15.5 Å². The van der Waals surface area contributed by atoms with Crippen LogP contribution in [0.15, 0.2) is 17.0 Å². The maximum atomic E-state index is 15.9. The third-order valence-corrected chi connectivity index (χ3v) is 9.31. The smallest absolute Gasteiger partial charge is 0.401 e. The molecule has 1 amide bonds. The second-order valence-corrected chi connectivity index (χ2v) is 13.2. The van der Waals surface area contributed by atoms with Gasteiger partial charge in [-0.05, 0) is 64.5 Å². The molecule has 0 radical (unpaired) electrons. The predicted molar refractivity (Wildman–Crippen MR) is 139 cm³/mol. The Hall–Kier alpha value is -2.05. The molecule has 2 aliphatic rings. The maximum Gasteiger partial charge on any atom is 0.573 e. The largest absolute Gasteiger partial charge is 0.573 e. The molecule has 1 atom stereocenters. The minimum Gasteiger partial charge on any atom is -0.401 e.